The predicted molar refractivity (Wildman–Crippen MR) is 113 cm³/mol. The SMILES string of the molecule is O=C(c1cc2cccc(F)c2o1)N1CCCC[C@H]1CNc1cnc2cc(F)c(F)cc2n1. The van der Waals surface area contributed by atoms with E-state index in [2.05, 4.69) is 15.3 Å². The quantitative estimate of drug-likeness (QED) is 0.489. The van der Waals surface area contributed by atoms with Gasteiger partial charge in [-0.3, -0.25) is 9.78 Å². The van der Waals surface area contributed by atoms with Gasteiger partial charge in [0.25, 0.3) is 5.91 Å². The lowest BCUT2D eigenvalue weighted by molar-refractivity contribution is 0.0598. The van der Waals surface area contributed by atoms with Crippen molar-refractivity contribution in [2.75, 3.05) is 18.4 Å². The molecule has 1 aliphatic heterocycles. The summed E-state index contributed by atoms with van der Waals surface area (Å²) in [6.45, 7) is 0.947. The van der Waals surface area contributed by atoms with Gasteiger partial charge in [-0.05, 0) is 31.4 Å². The van der Waals surface area contributed by atoms with E-state index in [9.17, 15) is 18.0 Å². The number of hydrogen-bond donors (Lipinski definition) is 1. The number of benzene rings is 2. The molecule has 4 aromatic rings. The Kier molecular flexibility index (Phi) is 5.16. The Balaban J connectivity index is 1.34. The van der Waals surface area contributed by atoms with Crippen molar-refractivity contribution in [1.82, 2.24) is 14.9 Å². The average Bonchev–Trinajstić information content (AvgIpc) is 3.24. The summed E-state index contributed by atoms with van der Waals surface area (Å²) in [5, 5.41) is 3.68. The summed E-state index contributed by atoms with van der Waals surface area (Å²) in [6, 6.07) is 7.97. The normalized spacial score (nSPS) is 16.6. The van der Waals surface area contributed by atoms with E-state index in [1.54, 1.807) is 23.1 Å². The number of nitrogens with one attached hydrogen (secondary N) is 1. The molecule has 0 bridgehead atoms. The molecule has 164 valence electrons. The zero-order valence-corrected chi connectivity index (χ0v) is 16.9. The molecular weight excluding hydrogens is 421 g/mol. The molecule has 1 saturated heterocycles. The molecule has 0 unspecified atom stereocenters. The van der Waals surface area contributed by atoms with Gasteiger partial charge in [0.1, 0.15) is 5.82 Å². The Hall–Kier alpha value is -3.62. The fourth-order valence-corrected chi connectivity index (χ4v) is 4.07. The van der Waals surface area contributed by atoms with Gasteiger partial charge in [-0.15, -0.1) is 0 Å². The first-order chi connectivity index (χ1) is 15.5. The van der Waals surface area contributed by atoms with Gasteiger partial charge in [-0.2, -0.15) is 0 Å². The number of para-hydroxylation sites is 1. The first kappa shape index (κ1) is 20.3. The number of amides is 1. The molecule has 5 rings (SSSR count). The Morgan fingerprint density at radius 2 is 1.91 bits per heavy atom. The fraction of sp³-hybridized carbons (Fsp3) is 0.261. The number of anilines is 1. The van der Waals surface area contributed by atoms with E-state index >= 15 is 0 Å². The first-order valence-electron chi connectivity index (χ1n) is 10.3. The molecule has 1 aliphatic rings. The minimum absolute atomic E-state index is 0.0673. The highest BCUT2D eigenvalue weighted by Gasteiger charge is 2.29. The van der Waals surface area contributed by atoms with Crippen LogP contribution in [-0.2, 0) is 0 Å². The Labute approximate surface area is 181 Å². The average molecular weight is 440 g/mol. The number of hydrogen-bond acceptors (Lipinski definition) is 5. The van der Waals surface area contributed by atoms with Crippen molar-refractivity contribution in [3.8, 4) is 0 Å². The molecule has 1 atom stereocenters. The number of piperidine rings is 1. The van der Waals surface area contributed by atoms with Gasteiger partial charge in [-0.1, -0.05) is 12.1 Å². The van der Waals surface area contributed by atoms with E-state index in [0.717, 1.165) is 31.4 Å². The van der Waals surface area contributed by atoms with Crippen LogP contribution < -0.4 is 5.32 Å². The number of carbonyl (C=O) groups is 1. The molecule has 0 radical (unpaired) electrons. The maximum absolute atomic E-state index is 14.0. The number of fused-ring (bicyclic) bond motifs is 2. The third-order valence-electron chi connectivity index (χ3n) is 5.70. The number of halogens is 3. The van der Waals surface area contributed by atoms with Crippen molar-refractivity contribution in [3.63, 3.8) is 0 Å². The highest BCUT2D eigenvalue weighted by Crippen LogP contribution is 2.26. The van der Waals surface area contributed by atoms with Crippen molar-refractivity contribution in [3.05, 3.63) is 65.8 Å². The molecular formula is C23H19F3N4O2. The van der Waals surface area contributed by atoms with Crippen LogP contribution in [0.2, 0.25) is 0 Å². The van der Waals surface area contributed by atoms with Gasteiger partial charge in [0.05, 0.1) is 17.2 Å². The minimum atomic E-state index is -0.990. The summed E-state index contributed by atoms with van der Waals surface area (Å²) in [5.74, 6) is -2.28. The third kappa shape index (κ3) is 3.74. The summed E-state index contributed by atoms with van der Waals surface area (Å²) in [7, 11) is 0. The molecule has 1 fully saturated rings. The monoisotopic (exact) mass is 440 g/mol. The smallest absolute Gasteiger partial charge is 0.289 e. The van der Waals surface area contributed by atoms with Crippen LogP contribution in [-0.4, -0.2) is 39.9 Å². The molecule has 1 N–H and O–H groups in total. The largest absolute Gasteiger partial charge is 0.448 e. The van der Waals surface area contributed by atoms with E-state index in [4.69, 9.17) is 4.42 Å². The van der Waals surface area contributed by atoms with E-state index in [0.29, 0.717) is 24.3 Å². The zero-order valence-electron chi connectivity index (χ0n) is 16.9. The summed E-state index contributed by atoms with van der Waals surface area (Å²) in [6.07, 6.45) is 4.03. The molecule has 32 heavy (non-hydrogen) atoms. The summed E-state index contributed by atoms with van der Waals surface area (Å²) in [4.78, 5) is 23.2. The predicted octanol–water partition coefficient (Wildman–Crippen LogP) is 4.90. The molecule has 3 heterocycles. The second kappa shape index (κ2) is 8.14. The van der Waals surface area contributed by atoms with Crippen LogP contribution in [0.4, 0.5) is 19.0 Å². The van der Waals surface area contributed by atoms with Crippen LogP contribution in [0.15, 0.2) is 47.0 Å². The minimum Gasteiger partial charge on any atom is -0.448 e. The summed E-state index contributed by atoms with van der Waals surface area (Å²) < 4.78 is 46.4. The summed E-state index contributed by atoms with van der Waals surface area (Å²) >= 11 is 0. The Bertz CT molecular complexity index is 1320. The van der Waals surface area contributed by atoms with E-state index in [1.165, 1.54) is 12.3 Å². The van der Waals surface area contributed by atoms with Crippen LogP contribution in [0.25, 0.3) is 22.0 Å². The van der Waals surface area contributed by atoms with Crippen LogP contribution in [0.3, 0.4) is 0 Å². The van der Waals surface area contributed by atoms with E-state index in [-0.39, 0.29) is 34.3 Å². The van der Waals surface area contributed by atoms with Crippen molar-refractivity contribution < 1.29 is 22.4 Å². The number of rotatable bonds is 4. The maximum Gasteiger partial charge on any atom is 0.289 e. The van der Waals surface area contributed by atoms with E-state index in [1.807, 2.05) is 0 Å². The van der Waals surface area contributed by atoms with Crippen LogP contribution in [0, 0.1) is 17.5 Å². The fourth-order valence-electron chi connectivity index (χ4n) is 4.07. The molecule has 2 aromatic carbocycles. The Morgan fingerprint density at radius 1 is 1.09 bits per heavy atom. The number of furan rings is 1. The van der Waals surface area contributed by atoms with Crippen molar-refractivity contribution in [1.29, 1.82) is 0 Å². The Morgan fingerprint density at radius 3 is 2.72 bits per heavy atom. The standard InChI is InChI=1S/C23H19F3N4O2/c24-15-6-3-4-13-8-20(32-22(13)15)23(31)30-7-2-1-5-14(30)11-28-21-12-27-18-9-16(25)17(26)10-19(18)29-21/h3-4,6,8-10,12,14H,1-2,5,7,11H2,(H,28,29)/t14-/m0/s1. The van der Waals surface area contributed by atoms with Crippen LogP contribution >= 0.6 is 0 Å². The molecule has 2 aromatic heterocycles. The highest BCUT2D eigenvalue weighted by molar-refractivity contribution is 5.96. The van der Waals surface area contributed by atoms with E-state index < -0.39 is 17.5 Å². The lowest BCUT2D eigenvalue weighted by atomic mass is 10.0. The van der Waals surface area contributed by atoms with Crippen molar-refractivity contribution in [2.24, 2.45) is 0 Å². The molecule has 0 spiro atoms. The zero-order chi connectivity index (χ0) is 22.2. The maximum atomic E-state index is 14.0. The molecule has 0 aliphatic carbocycles. The third-order valence-corrected chi connectivity index (χ3v) is 5.70. The van der Waals surface area contributed by atoms with Gasteiger partial charge < -0.3 is 14.6 Å². The topological polar surface area (TPSA) is 71.3 Å². The van der Waals surface area contributed by atoms with Crippen LogP contribution in [0.1, 0.15) is 29.8 Å². The molecule has 1 amide bonds. The number of nitrogens with zero attached hydrogens (tertiary/aromatic N) is 3. The molecule has 9 heteroatoms. The number of aromatic nitrogens is 2. The highest BCUT2D eigenvalue weighted by atomic mass is 19.2. The van der Waals surface area contributed by atoms with Gasteiger partial charge in [-0.25, -0.2) is 18.2 Å². The van der Waals surface area contributed by atoms with Crippen LogP contribution in [0.5, 0.6) is 0 Å². The molecule has 0 saturated carbocycles. The van der Waals surface area contributed by atoms with Gasteiger partial charge in [0.2, 0.25) is 0 Å². The lowest BCUT2D eigenvalue weighted by Crippen LogP contribution is -2.47. The second-order valence-electron chi connectivity index (χ2n) is 7.81. The first-order valence-corrected chi connectivity index (χ1v) is 10.3. The second-order valence-corrected chi connectivity index (χ2v) is 7.81. The van der Waals surface area contributed by atoms with Crippen molar-refractivity contribution in [2.45, 2.75) is 25.3 Å². The lowest BCUT2D eigenvalue weighted by Gasteiger charge is -2.35. The van der Waals surface area contributed by atoms with Gasteiger partial charge in [0, 0.05) is 36.7 Å². The molecule has 6 nitrogen and oxygen atoms in total. The number of carbonyl (C=O) groups excluding carboxylic acids is 1. The number of likely N-dealkylation sites (tertiary alicyclic amines) is 1. The van der Waals surface area contributed by atoms with Gasteiger partial charge in [0.15, 0.2) is 28.8 Å². The van der Waals surface area contributed by atoms with Crippen molar-refractivity contribution >= 4 is 33.7 Å². The van der Waals surface area contributed by atoms with Gasteiger partial charge >= 0.3 is 0 Å². The summed E-state index contributed by atoms with van der Waals surface area (Å²) in [5.41, 5.74) is 0.549.